The molecule has 0 aromatic heterocycles. The minimum Gasteiger partial charge on any atom is -0.353 e. The molecule has 4 fully saturated rings. The van der Waals surface area contributed by atoms with Gasteiger partial charge >= 0.3 is 0 Å². The van der Waals surface area contributed by atoms with Crippen molar-refractivity contribution in [1.82, 2.24) is 5.32 Å². The Morgan fingerprint density at radius 1 is 0.905 bits per heavy atom. The van der Waals surface area contributed by atoms with Crippen LogP contribution in [0.3, 0.4) is 0 Å². The summed E-state index contributed by atoms with van der Waals surface area (Å²) in [6.07, 6.45) is 11.5. The summed E-state index contributed by atoms with van der Waals surface area (Å²) in [5.41, 5.74) is 0. The van der Waals surface area contributed by atoms with Crippen molar-refractivity contribution in [1.29, 1.82) is 0 Å². The molecule has 1 spiro atoms. The Morgan fingerprint density at radius 3 is 2.14 bits per heavy atom. The molecule has 2 bridgehead atoms. The van der Waals surface area contributed by atoms with Crippen LogP contribution >= 0.6 is 23.5 Å². The third-order valence-electron chi connectivity index (χ3n) is 6.19. The Balaban J connectivity index is 1.44. The predicted molar refractivity (Wildman–Crippen MR) is 91.6 cm³/mol. The molecule has 3 aliphatic carbocycles. The number of hydrogen-bond donors (Lipinski definition) is 1. The normalized spacial score (nSPS) is 38.8. The molecule has 4 aliphatic rings. The van der Waals surface area contributed by atoms with Crippen molar-refractivity contribution in [2.75, 3.05) is 11.5 Å². The standard InChI is InChI=1S/C17H27NOS2/c19-16(18-15-6-1-2-7-15)12-10-13-4-3-5-14(11-12)17(13)20-8-9-21-17/h12-15H,1-11H2,(H,18,19). The maximum Gasteiger partial charge on any atom is 0.223 e. The van der Waals surface area contributed by atoms with Crippen molar-refractivity contribution in [3.63, 3.8) is 0 Å². The van der Waals surface area contributed by atoms with Crippen LogP contribution < -0.4 is 5.32 Å². The molecule has 2 unspecified atom stereocenters. The summed E-state index contributed by atoms with van der Waals surface area (Å²) >= 11 is 4.47. The smallest absolute Gasteiger partial charge is 0.223 e. The molecule has 4 rings (SSSR count). The molecule has 118 valence electrons. The van der Waals surface area contributed by atoms with Crippen molar-refractivity contribution >= 4 is 29.4 Å². The molecule has 1 N–H and O–H groups in total. The van der Waals surface area contributed by atoms with Gasteiger partial charge in [-0.05, 0) is 50.4 Å². The molecular weight excluding hydrogens is 298 g/mol. The summed E-state index contributed by atoms with van der Waals surface area (Å²) in [7, 11) is 0. The van der Waals surface area contributed by atoms with Crippen LogP contribution in [-0.4, -0.2) is 27.5 Å². The summed E-state index contributed by atoms with van der Waals surface area (Å²) in [6.45, 7) is 0. The van der Waals surface area contributed by atoms with Crippen LogP contribution in [0.4, 0.5) is 0 Å². The Hall–Kier alpha value is 0.170. The van der Waals surface area contributed by atoms with Gasteiger partial charge in [-0.1, -0.05) is 19.3 Å². The highest BCUT2D eigenvalue weighted by molar-refractivity contribution is 8.21. The van der Waals surface area contributed by atoms with E-state index in [1.165, 1.54) is 56.5 Å². The van der Waals surface area contributed by atoms with Gasteiger partial charge in [-0.15, -0.1) is 23.5 Å². The molecule has 2 nitrogen and oxygen atoms in total. The van der Waals surface area contributed by atoms with Crippen LogP contribution in [-0.2, 0) is 4.79 Å². The topological polar surface area (TPSA) is 29.1 Å². The van der Waals surface area contributed by atoms with E-state index in [2.05, 4.69) is 28.8 Å². The zero-order valence-corrected chi connectivity index (χ0v) is 14.4. The van der Waals surface area contributed by atoms with Gasteiger partial charge in [-0.25, -0.2) is 0 Å². The lowest BCUT2D eigenvalue weighted by atomic mass is 9.67. The van der Waals surface area contributed by atoms with E-state index in [4.69, 9.17) is 0 Å². The molecule has 1 saturated heterocycles. The molecule has 21 heavy (non-hydrogen) atoms. The van der Waals surface area contributed by atoms with Gasteiger partial charge in [-0.2, -0.15) is 0 Å². The summed E-state index contributed by atoms with van der Waals surface area (Å²) < 4.78 is 0.502. The van der Waals surface area contributed by atoms with Gasteiger partial charge in [0.1, 0.15) is 0 Å². The number of thioether (sulfide) groups is 2. The SMILES string of the molecule is O=C(NC1CCCC1)C1CC2CCCC(C1)C21SCCS1. The van der Waals surface area contributed by atoms with Crippen LogP contribution in [0.1, 0.15) is 57.8 Å². The Labute approximate surface area is 137 Å². The fourth-order valence-corrected chi connectivity index (χ4v) is 9.15. The zero-order valence-electron chi connectivity index (χ0n) is 12.8. The van der Waals surface area contributed by atoms with Gasteiger partial charge in [0.2, 0.25) is 5.91 Å². The largest absolute Gasteiger partial charge is 0.353 e. The van der Waals surface area contributed by atoms with E-state index in [1.54, 1.807) is 0 Å². The lowest BCUT2D eigenvalue weighted by Crippen LogP contribution is -2.50. The molecule has 1 aliphatic heterocycles. The van der Waals surface area contributed by atoms with Crippen LogP contribution in [0, 0.1) is 17.8 Å². The van der Waals surface area contributed by atoms with Crippen LogP contribution in [0.2, 0.25) is 0 Å². The summed E-state index contributed by atoms with van der Waals surface area (Å²) in [5, 5.41) is 3.36. The lowest BCUT2D eigenvalue weighted by molar-refractivity contribution is -0.128. The van der Waals surface area contributed by atoms with Crippen LogP contribution in [0.25, 0.3) is 0 Å². The highest BCUT2D eigenvalue weighted by Crippen LogP contribution is 2.64. The third kappa shape index (κ3) is 2.65. The molecular formula is C17H27NOS2. The van der Waals surface area contributed by atoms with Crippen molar-refractivity contribution in [2.24, 2.45) is 17.8 Å². The average molecular weight is 326 g/mol. The second kappa shape index (κ2) is 5.99. The molecule has 0 aromatic rings. The van der Waals surface area contributed by atoms with Gasteiger partial charge in [0.25, 0.3) is 0 Å². The first-order valence-electron chi connectivity index (χ1n) is 8.86. The number of hydrogen-bond acceptors (Lipinski definition) is 3. The number of carbonyl (C=O) groups is 1. The van der Waals surface area contributed by atoms with E-state index in [0.29, 0.717) is 21.9 Å². The van der Waals surface area contributed by atoms with E-state index >= 15 is 0 Å². The quantitative estimate of drug-likeness (QED) is 0.830. The predicted octanol–water partition coefficient (Wildman–Crippen LogP) is 4.05. The monoisotopic (exact) mass is 325 g/mol. The van der Waals surface area contributed by atoms with E-state index in [-0.39, 0.29) is 0 Å². The highest BCUT2D eigenvalue weighted by Gasteiger charge is 2.55. The third-order valence-corrected chi connectivity index (χ3v) is 10.2. The fraction of sp³-hybridized carbons (Fsp3) is 0.941. The van der Waals surface area contributed by atoms with Gasteiger partial charge in [0, 0.05) is 23.5 Å². The number of carbonyl (C=O) groups excluding carboxylic acids is 1. The fourth-order valence-electron chi connectivity index (χ4n) is 5.21. The highest BCUT2D eigenvalue weighted by atomic mass is 32.2. The Kier molecular flexibility index (Phi) is 4.21. The Bertz CT molecular complexity index is 386. The molecule has 0 aromatic carbocycles. The molecule has 0 radical (unpaired) electrons. The number of nitrogens with one attached hydrogen (secondary N) is 1. The van der Waals surface area contributed by atoms with Crippen molar-refractivity contribution < 1.29 is 4.79 Å². The van der Waals surface area contributed by atoms with Crippen molar-refractivity contribution in [2.45, 2.75) is 67.9 Å². The average Bonchev–Trinajstić information content (AvgIpc) is 3.11. The number of amides is 1. The van der Waals surface area contributed by atoms with E-state index in [0.717, 1.165) is 24.7 Å². The minimum absolute atomic E-state index is 0.313. The molecule has 1 heterocycles. The van der Waals surface area contributed by atoms with Crippen LogP contribution in [0.15, 0.2) is 0 Å². The van der Waals surface area contributed by atoms with Crippen molar-refractivity contribution in [3.8, 4) is 0 Å². The summed E-state index contributed by atoms with van der Waals surface area (Å²) in [6, 6.07) is 0.489. The first-order valence-corrected chi connectivity index (χ1v) is 10.8. The number of rotatable bonds is 2. The zero-order chi connectivity index (χ0) is 14.3. The van der Waals surface area contributed by atoms with Gasteiger partial charge in [-0.3, -0.25) is 4.79 Å². The molecule has 2 atom stereocenters. The van der Waals surface area contributed by atoms with E-state index in [9.17, 15) is 4.79 Å². The molecule has 3 saturated carbocycles. The van der Waals surface area contributed by atoms with Crippen molar-refractivity contribution in [3.05, 3.63) is 0 Å². The maximum absolute atomic E-state index is 12.7. The minimum atomic E-state index is 0.313. The maximum atomic E-state index is 12.7. The second-order valence-electron chi connectivity index (χ2n) is 7.40. The summed E-state index contributed by atoms with van der Waals surface area (Å²) in [5.74, 6) is 4.95. The molecule has 1 amide bonds. The van der Waals surface area contributed by atoms with E-state index in [1.807, 2.05) is 0 Å². The first kappa shape index (κ1) is 14.7. The second-order valence-corrected chi connectivity index (χ2v) is 10.4. The van der Waals surface area contributed by atoms with E-state index < -0.39 is 0 Å². The van der Waals surface area contributed by atoms with Gasteiger partial charge in [0.15, 0.2) is 0 Å². The lowest BCUT2D eigenvalue weighted by Gasteiger charge is -2.52. The van der Waals surface area contributed by atoms with Crippen LogP contribution in [0.5, 0.6) is 0 Å². The summed E-state index contributed by atoms with van der Waals surface area (Å²) in [4.78, 5) is 12.7. The first-order chi connectivity index (χ1) is 10.3. The van der Waals surface area contributed by atoms with Gasteiger partial charge < -0.3 is 5.32 Å². The van der Waals surface area contributed by atoms with Gasteiger partial charge in [0.05, 0.1) is 4.08 Å². The molecule has 4 heteroatoms. The Morgan fingerprint density at radius 2 is 1.52 bits per heavy atom.